The summed E-state index contributed by atoms with van der Waals surface area (Å²) in [4.78, 5) is 36.7. The zero-order chi connectivity index (χ0) is 15.2. The molecular weight excluding hydrogens is 278 g/mol. The zero-order valence-electron chi connectivity index (χ0n) is 10.6. The van der Waals surface area contributed by atoms with Crippen LogP contribution < -0.4 is 5.48 Å². The minimum absolute atomic E-state index is 0.114. The zero-order valence-corrected chi connectivity index (χ0v) is 10.6. The molecule has 106 valence electrons. The van der Waals surface area contributed by atoms with Crippen molar-refractivity contribution >= 4 is 23.0 Å². The van der Waals surface area contributed by atoms with Crippen LogP contribution in [0.15, 0.2) is 53.7 Å². The second-order valence-electron chi connectivity index (χ2n) is 3.93. The predicted molar refractivity (Wildman–Crippen MR) is 74.0 cm³/mol. The summed E-state index contributed by atoms with van der Waals surface area (Å²) in [5, 5.41) is 13.2. The van der Waals surface area contributed by atoms with E-state index >= 15 is 0 Å². The number of nitrogens with one attached hydrogen (secondary N) is 1. The minimum atomic E-state index is -0.692. The summed E-state index contributed by atoms with van der Waals surface area (Å²) >= 11 is 0. The lowest BCUT2D eigenvalue weighted by atomic mass is 10.2. The molecule has 0 heterocycles. The summed E-state index contributed by atoms with van der Waals surface area (Å²) in [7, 11) is 0. The van der Waals surface area contributed by atoms with Gasteiger partial charge in [-0.25, -0.2) is 10.3 Å². The maximum absolute atomic E-state index is 11.7. The van der Waals surface area contributed by atoms with Crippen LogP contribution in [0.1, 0.15) is 10.4 Å². The van der Waals surface area contributed by atoms with Crippen LogP contribution >= 0.6 is 0 Å². The van der Waals surface area contributed by atoms with Crippen LogP contribution in [0.2, 0.25) is 0 Å². The van der Waals surface area contributed by atoms with Crippen LogP contribution in [0, 0.1) is 15.0 Å². The maximum atomic E-state index is 11.7. The van der Waals surface area contributed by atoms with Gasteiger partial charge in [0.1, 0.15) is 5.69 Å². The van der Waals surface area contributed by atoms with Gasteiger partial charge in [0, 0.05) is 12.1 Å². The molecule has 0 saturated carbocycles. The average Bonchev–Trinajstić information content (AvgIpc) is 2.53. The van der Waals surface area contributed by atoms with E-state index in [2.05, 4.69) is 10.7 Å². The Morgan fingerprint density at radius 2 is 1.71 bits per heavy atom. The third kappa shape index (κ3) is 3.60. The lowest BCUT2D eigenvalue weighted by molar-refractivity contribution is -0.384. The van der Waals surface area contributed by atoms with Gasteiger partial charge in [-0.3, -0.25) is 10.1 Å². The summed E-state index contributed by atoms with van der Waals surface area (Å²) in [6, 6.07) is 10.9. The molecule has 2 rings (SSSR count). The molecule has 0 aliphatic carbocycles. The van der Waals surface area contributed by atoms with Gasteiger partial charge in [-0.05, 0) is 41.6 Å². The number of nitro benzene ring substituents is 1. The number of carbonyl (C=O) groups excluding carboxylic acids is 1. The molecule has 0 saturated heterocycles. The lowest BCUT2D eigenvalue weighted by Gasteiger charge is -2.06. The smallest absolute Gasteiger partial charge is 0.338 e. The molecule has 0 aliphatic rings. The fourth-order valence-corrected chi connectivity index (χ4v) is 1.47. The van der Waals surface area contributed by atoms with Crippen LogP contribution in [0.5, 0.6) is 0 Å². The molecule has 0 unspecified atom stereocenters. The number of non-ortho nitro benzene ring substituents is 1. The number of carbonyl (C=O) groups is 1. The number of hydrogen-bond acceptors (Lipinski definition) is 7. The maximum Gasteiger partial charge on any atom is 0.362 e. The predicted octanol–water partition coefficient (Wildman–Crippen LogP) is 3.18. The van der Waals surface area contributed by atoms with Gasteiger partial charge < -0.3 is 4.84 Å². The minimum Gasteiger partial charge on any atom is -0.338 e. The molecule has 0 amide bonds. The number of hydrogen-bond donors (Lipinski definition) is 1. The van der Waals surface area contributed by atoms with E-state index in [1.807, 2.05) is 0 Å². The first-order chi connectivity index (χ1) is 10.1. The van der Waals surface area contributed by atoms with E-state index in [9.17, 15) is 19.8 Å². The van der Waals surface area contributed by atoms with Gasteiger partial charge in [-0.2, -0.15) is 0 Å². The van der Waals surface area contributed by atoms with Crippen LogP contribution in [-0.2, 0) is 4.84 Å². The standard InChI is InChI=1S/C13H9N3O5/c17-13(9-1-7-12(8-2-9)16(19)20)21-15-11-5-3-10(14-18)4-6-11/h1-8,15H. The van der Waals surface area contributed by atoms with Crippen LogP contribution in [-0.4, -0.2) is 10.9 Å². The first-order valence-corrected chi connectivity index (χ1v) is 5.75. The number of nitroso groups, excluding NO2 is 1. The molecule has 1 N–H and O–H groups in total. The van der Waals surface area contributed by atoms with Crippen molar-refractivity contribution in [2.45, 2.75) is 0 Å². The Bertz CT molecular complexity index is 667. The Morgan fingerprint density at radius 1 is 1.10 bits per heavy atom. The second kappa shape index (κ2) is 6.24. The van der Waals surface area contributed by atoms with E-state index < -0.39 is 10.9 Å². The Morgan fingerprint density at radius 3 is 2.24 bits per heavy atom. The molecule has 0 radical (unpaired) electrons. The van der Waals surface area contributed by atoms with Gasteiger partial charge in [0.15, 0.2) is 0 Å². The Balaban J connectivity index is 1.97. The Hall–Kier alpha value is -3.29. The van der Waals surface area contributed by atoms with Gasteiger partial charge >= 0.3 is 5.97 Å². The highest BCUT2D eigenvalue weighted by atomic mass is 16.7. The highest BCUT2D eigenvalue weighted by molar-refractivity contribution is 5.90. The molecule has 0 fully saturated rings. The Labute approximate surface area is 118 Å². The SMILES string of the molecule is O=Nc1ccc(NOC(=O)c2ccc([N+](=O)[O-])cc2)cc1. The molecule has 21 heavy (non-hydrogen) atoms. The van der Waals surface area contributed by atoms with Gasteiger partial charge in [0.2, 0.25) is 0 Å². The van der Waals surface area contributed by atoms with Gasteiger partial charge in [-0.15, -0.1) is 4.91 Å². The highest BCUT2D eigenvalue weighted by Crippen LogP contribution is 2.16. The van der Waals surface area contributed by atoms with E-state index in [0.29, 0.717) is 5.69 Å². The van der Waals surface area contributed by atoms with E-state index in [1.54, 1.807) is 0 Å². The van der Waals surface area contributed by atoms with Crippen molar-refractivity contribution in [3.63, 3.8) is 0 Å². The molecule has 8 heteroatoms. The number of nitrogens with zero attached hydrogens (tertiary/aromatic N) is 2. The normalized spacial score (nSPS) is 9.71. The number of nitro groups is 1. The first-order valence-electron chi connectivity index (χ1n) is 5.75. The van der Waals surface area contributed by atoms with E-state index in [4.69, 9.17) is 4.84 Å². The summed E-state index contributed by atoms with van der Waals surface area (Å²) < 4.78 is 0. The molecule has 0 bridgehead atoms. The van der Waals surface area contributed by atoms with Crippen molar-refractivity contribution in [3.05, 3.63) is 69.1 Å². The van der Waals surface area contributed by atoms with Crippen molar-refractivity contribution in [2.75, 3.05) is 5.48 Å². The summed E-state index contributed by atoms with van der Waals surface area (Å²) in [5.74, 6) is -0.692. The van der Waals surface area contributed by atoms with Crippen molar-refractivity contribution in [2.24, 2.45) is 5.18 Å². The van der Waals surface area contributed by atoms with Crippen molar-refractivity contribution in [3.8, 4) is 0 Å². The van der Waals surface area contributed by atoms with E-state index in [0.717, 1.165) is 0 Å². The summed E-state index contributed by atoms with van der Waals surface area (Å²) in [6.45, 7) is 0. The fraction of sp³-hybridized carbons (Fsp3) is 0. The molecule has 0 atom stereocenters. The monoisotopic (exact) mass is 287 g/mol. The van der Waals surface area contributed by atoms with Crippen molar-refractivity contribution in [1.82, 2.24) is 0 Å². The molecule has 0 aromatic heterocycles. The van der Waals surface area contributed by atoms with E-state index in [-0.39, 0.29) is 16.9 Å². The third-order valence-corrected chi connectivity index (χ3v) is 2.55. The quantitative estimate of drug-likeness (QED) is 0.513. The van der Waals surface area contributed by atoms with Crippen LogP contribution in [0.25, 0.3) is 0 Å². The van der Waals surface area contributed by atoms with Gasteiger partial charge in [0.25, 0.3) is 5.69 Å². The van der Waals surface area contributed by atoms with E-state index in [1.165, 1.54) is 48.5 Å². The van der Waals surface area contributed by atoms with Crippen LogP contribution in [0.3, 0.4) is 0 Å². The van der Waals surface area contributed by atoms with Crippen molar-refractivity contribution in [1.29, 1.82) is 0 Å². The number of benzene rings is 2. The largest absolute Gasteiger partial charge is 0.362 e. The number of anilines is 1. The molecule has 0 spiro atoms. The fourth-order valence-electron chi connectivity index (χ4n) is 1.47. The third-order valence-electron chi connectivity index (χ3n) is 2.55. The number of rotatable bonds is 5. The van der Waals surface area contributed by atoms with Crippen molar-refractivity contribution < 1.29 is 14.6 Å². The summed E-state index contributed by atoms with van der Waals surface area (Å²) in [6.07, 6.45) is 0. The average molecular weight is 287 g/mol. The topological polar surface area (TPSA) is 111 Å². The van der Waals surface area contributed by atoms with Gasteiger partial charge in [-0.1, -0.05) is 0 Å². The molecule has 8 nitrogen and oxygen atoms in total. The second-order valence-corrected chi connectivity index (χ2v) is 3.93. The Kier molecular flexibility index (Phi) is 4.20. The molecular formula is C13H9N3O5. The van der Waals surface area contributed by atoms with Crippen LogP contribution in [0.4, 0.5) is 17.1 Å². The molecule has 2 aromatic carbocycles. The lowest BCUT2D eigenvalue weighted by Crippen LogP contribution is -2.10. The summed E-state index contributed by atoms with van der Waals surface area (Å²) in [5.41, 5.74) is 3.16. The molecule has 2 aromatic rings. The van der Waals surface area contributed by atoms with Gasteiger partial charge in [0.05, 0.1) is 16.2 Å². The first kappa shape index (κ1) is 14.1. The molecule has 0 aliphatic heterocycles. The highest BCUT2D eigenvalue weighted by Gasteiger charge is 2.10.